The third kappa shape index (κ3) is 1.41. The number of nitrogens with zero attached hydrogens (tertiary/aromatic N) is 1. The number of pyridine rings is 1. The summed E-state index contributed by atoms with van der Waals surface area (Å²) in [7, 11) is 0. The van der Waals surface area contributed by atoms with E-state index in [1.807, 2.05) is 6.07 Å². The van der Waals surface area contributed by atoms with Crippen molar-refractivity contribution in [2.75, 3.05) is 0 Å². The fourth-order valence-corrected chi connectivity index (χ4v) is 1.35. The second-order valence-electron chi connectivity index (χ2n) is 3.80. The van der Waals surface area contributed by atoms with Gasteiger partial charge in [-0.05, 0) is 29.9 Å². The normalized spacial score (nSPS) is 18.2. The van der Waals surface area contributed by atoms with Crippen LogP contribution < -0.4 is 0 Å². The van der Waals surface area contributed by atoms with Crippen molar-refractivity contribution in [3.8, 4) is 0 Å². The van der Waals surface area contributed by atoms with Crippen molar-refractivity contribution in [1.82, 2.24) is 4.98 Å². The lowest BCUT2D eigenvalue weighted by molar-refractivity contribution is 0.0690. The average Bonchev–Trinajstić information content (AvgIpc) is 2.85. The summed E-state index contributed by atoms with van der Waals surface area (Å²) in [5.74, 6) is -0.965. The van der Waals surface area contributed by atoms with Crippen LogP contribution in [0.3, 0.4) is 0 Å². The molecule has 0 amide bonds. The Labute approximate surface area is 76.4 Å². The van der Waals surface area contributed by atoms with Gasteiger partial charge in [-0.3, -0.25) is 0 Å². The molecule has 1 heterocycles. The minimum Gasteiger partial charge on any atom is -0.477 e. The third-order valence-corrected chi connectivity index (χ3v) is 2.68. The predicted octanol–water partition coefficient (Wildman–Crippen LogP) is 1.83. The second kappa shape index (κ2) is 2.55. The summed E-state index contributed by atoms with van der Waals surface area (Å²) in [5.41, 5.74) is 1.54. The molecule has 2 rings (SSSR count). The maximum Gasteiger partial charge on any atom is 0.354 e. The van der Waals surface area contributed by atoms with Crippen LogP contribution >= 0.6 is 0 Å². The van der Waals surface area contributed by atoms with Gasteiger partial charge in [0.25, 0.3) is 0 Å². The Bertz CT molecular complexity index is 338. The fourth-order valence-electron chi connectivity index (χ4n) is 1.35. The van der Waals surface area contributed by atoms with Gasteiger partial charge in [0.1, 0.15) is 5.69 Å². The highest BCUT2D eigenvalue weighted by molar-refractivity contribution is 5.85. The Morgan fingerprint density at radius 1 is 1.54 bits per heavy atom. The number of aromatic carboxylic acids is 1. The Hall–Kier alpha value is -1.38. The van der Waals surface area contributed by atoms with Crippen LogP contribution in [-0.2, 0) is 5.41 Å². The third-order valence-electron chi connectivity index (χ3n) is 2.68. The first-order valence-electron chi connectivity index (χ1n) is 4.32. The standard InChI is InChI=1S/C10H11NO2/c1-10(4-5-10)7-2-3-8(9(12)13)11-6-7/h2-3,6H,4-5H2,1H3,(H,12,13). The molecule has 0 radical (unpaired) electrons. The van der Waals surface area contributed by atoms with Crippen molar-refractivity contribution >= 4 is 5.97 Å². The van der Waals surface area contributed by atoms with Crippen LogP contribution in [0.15, 0.2) is 18.3 Å². The second-order valence-corrected chi connectivity index (χ2v) is 3.80. The van der Waals surface area contributed by atoms with Gasteiger partial charge in [-0.1, -0.05) is 13.0 Å². The van der Waals surface area contributed by atoms with Crippen LogP contribution in [0.4, 0.5) is 0 Å². The van der Waals surface area contributed by atoms with E-state index in [1.54, 1.807) is 12.3 Å². The SMILES string of the molecule is CC1(c2ccc(C(=O)O)nc2)CC1. The monoisotopic (exact) mass is 177 g/mol. The fraction of sp³-hybridized carbons (Fsp3) is 0.400. The highest BCUT2D eigenvalue weighted by Gasteiger charge is 2.39. The Kier molecular flexibility index (Phi) is 1.62. The highest BCUT2D eigenvalue weighted by atomic mass is 16.4. The Morgan fingerprint density at radius 2 is 2.23 bits per heavy atom. The number of carboxylic acids is 1. The molecule has 1 fully saturated rings. The summed E-state index contributed by atoms with van der Waals surface area (Å²) in [6.45, 7) is 2.17. The molecule has 1 N–H and O–H groups in total. The molecule has 0 aromatic carbocycles. The molecule has 0 spiro atoms. The van der Waals surface area contributed by atoms with E-state index in [0.29, 0.717) is 0 Å². The molecule has 1 aromatic rings. The summed E-state index contributed by atoms with van der Waals surface area (Å²) >= 11 is 0. The minimum absolute atomic E-state index is 0.119. The number of hydrogen-bond donors (Lipinski definition) is 1. The van der Waals surface area contributed by atoms with Crippen molar-refractivity contribution in [2.45, 2.75) is 25.2 Å². The zero-order valence-corrected chi connectivity index (χ0v) is 7.45. The highest BCUT2D eigenvalue weighted by Crippen LogP contribution is 2.47. The van der Waals surface area contributed by atoms with Crippen molar-refractivity contribution < 1.29 is 9.90 Å². The summed E-state index contributed by atoms with van der Waals surface area (Å²) < 4.78 is 0. The van der Waals surface area contributed by atoms with Gasteiger partial charge < -0.3 is 5.11 Å². The van der Waals surface area contributed by atoms with E-state index in [9.17, 15) is 4.79 Å². The van der Waals surface area contributed by atoms with Gasteiger partial charge in [0, 0.05) is 6.20 Å². The maximum absolute atomic E-state index is 10.5. The van der Waals surface area contributed by atoms with Crippen molar-refractivity contribution in [1.29, 1.82) is 0 Å². The zero-order chi connectivity index (χ0) is 9.47. The van der Waals surface area contributed by atoms with Gasteiger partial charge in [-0.25, -0.2) is 9.78 Å². The topological polar surface area (TPSA) is 50.2 Å². The Balaban J connectivity index is 2.28. The largest absolute Gasteiger partial charge is 0.477 e. The lowest BCUT2D eigenvalue weighted by atomic mass is 10.0. The van der Waals surface area contributed by atoms with Crippen LogP contribution in [0.5, 0.6) is 0 Å². The van der Waals surface area contributed by atoms with Crippen LogP contribution in [0.1, 0.15) is 35.8 Å². The lowest BCUT2D eigenvalue weighted by Gasteiger charge is -2.07. The van der Waals surface area contributed by atoms with Crippen LogP contribution in [0.2, 0.25) is 0 Å². The Morgan fingerprint density at radius 3 is 2.62 bits per heavy atom. The summed E-state index contributed by atoms with van der Waals surface area (Å²) in [5, 5.41) is 8.63. The van der Waals surface area contributed by atoms with E-state index in [0.717, 1.165) is 5.56 Å². The molecule has 3 nitrogen and oxygen atoms in total. The van der Waals surface area contributed by atoms with E-state index < -0.39 is 5.97 Å². The van der Waals surface area contributed by atoms with Gasteiger partial charge in [-0.2, -0.15) is 0 Å². The van der Waals surface area contributed by atoms with Gasteiger partial charge >= 0.3 is 5.97 Å². The van der Waals surface area contributed by atoms with Crippen molar-refractivity contribution in [3.05, 3.63) is 29.6 Å². The number of rotatable bonds is 2. The summed E-state index contributed by atoms with van der Waals surface area (Å²) in [4.78, 5) is 14.4. The molecule has 3 heteroatoms. The summed E-state index contributed by atoms with van der Waals surface area (Å²) in [6, 6.07) is 3.44. The predicted molar refractivity (Wildman–Crippen MR) is 47.8 cm³/mol. The van der Waals surface area contributed by atoms with Gasteiger partial charge in [0.2, 0.25) is 0 Å². The number of aromatic nitrogens is 1. The molecule has 0 aliphatic heterocycles. The molecule has 1 aromatic heterocycles. The first-order valence-corrected chi connectivity index (χ1v) is 4.32. The van der Waals surface area contributed by atoms with Gasteiger partial charge in [0.15, 0.2) is 0 Å². The number of carboxylic acid groups (broad SMARTS) is 1. The van der Waals surface area contributed by atoms with Gasteiger partial charge in [-0.15, -0.1) is 0 Å². The van der Waals surface area contributed by atoms with E-state index in [-0.39, 0.29) is 11.1 Å². The smallest absolute Gasteiger partial charge is 0.354 e. The lowest BCUT2D eigenvalue weighted by Crippen LogP contribution is -2.04. The van der Waals surface area contributed by atoms with Gasteiger partial charge in [0.05, 0.1) is 0 Å². The van der Waals surface area contributed by atoms with E-state index in [2.05, 4.69) is 11.9 Å². The molecule has 13 heavy (non-hydrogen) atoms. The molecule has 0 saturated heterocycles. The molecule has 1 saturated carbocycles. The number of hydrogen-bond acceptors (Lipinski definition) is 2. The maximum atomic E-state index is 10.5. The van der Waals surface area contributed by atoms with E-state index in [4.69, 9.17) is 5.11 Å². The quantitative estimate of drug-likeness (QED) is 0.749. The van der Waals surface area contributed by atoms with Crippen molar-refractivity contribution in [2.24, 2.45) is 0 Å². The van der Waals surface area contributed by atoms with Crippen molar-refractivity contribution in [3.63, 3.8) is 0 Å². The first kappa shape index (κ1) is 8.23. The molecular formula is C10H11NO2. The molecular weight excluding hydrogens is 166 g/mol. The molecule has 1 aliphatic carbocycles. The minimum atomic E-state index is -0.965. The number of carbonyl (C=O) groups is 1. The average molecular weight is 177 g/mol. The van der Waals surface area contributed by atoms with E-state index >= 15 is 0 Å². The zero-order valence-electron chi connectivity index (χ0n) is 7.45. The van der Waals surface area contributed by atoms with E-state index in [1.165, 1.54) is 12.8 Å². The first-order chi connectivity index (χ1) is 6.12. The van der Waals surface area contributed by atoms with Crippen LogP contribution in [-0.4, -0.2) is 16.1 Å². The molecule has 68 valence electrons. The van der Waals surface area contributed by atoms with Crippen LogP contribution in [0, 0.1) is 0 Å². The van der Waals surface area contributed by atoms with Crippen LogP contribution in [0.25, 0.3) is 0 Å². The summed E-state index contributed by atoms with van der Waals surface area (Å²) in [6.07, 6.45) is 4.04. The molecule has 0 bridgehead atoms. The molecule has 0 atom stereocenters. The molecule has 1 aliphatic rings. The molecule has 0 unspecified atom stereocenters.